The smallest absolute Gasteiger partial charge is 0.269 e. The van der Waals surface area contributed by atoms with Gasteiger partial charge in [0, 0.05) is 36.1 Å². The zero-order valence-corrected chi connectivity index (χ0v) is 15.3. The van der Waals surface area contributed by atoms with E-state index >= 15 is 0 Å². The maximum atomic E-state index is 12.2. The molecule has 2 aromatic rings. The Balaban J connectivity index is 1.92. The fourth-order valence-electron chi connectivity index (χ4n) is 1.94. The molecule has 24 heavy (non-hydrogen) atoms. The van der Waals surface area contributed by atoms with Crippen molar-refractivity contribution in [3.05, 3.63) is 58.6 Å². The van der Waals surface area contributed by atoms with Crippen LogP contribution in [0.3, 0.4) is 0 Å². The minimum atomic E-state index is -0.273. The van der Waals surface area contributed by atoms with E-state index in [1.807, 2.05) is 50.2 Å². The van der Waals surface area contributed by atoms with Gasteiger partial charge >= 0.3 is 0 Å². The summed E-state index contributed by atoms with van der Waals surface area (Å²) >= 11 is 11.2. The topological polar surface area (TPSA) is 56.4 Å². The Labute approximate surface area is 152 Å². The molecule has 5 nitrogen and oxygen atoms in total. The number of hydrazine groups is 1. The summed E-state index contributed by atoms with van der Waals surface area (Å²) in [5, 5.41) is 3.88. The number of amides is 1. The molecule has 2 aromatic carbocycles. The van der Waals surface area contributed by atoms with E-state index in [4.69, 9.17) is 23.8 Å². The van der Waals surface area contributed by atoms with Crippen LogP contribution in [0.5, 0.6) is 0 Å². The molecule has 2 rings (SSSR count). The van der Waals surface area contributed by atoms with Crippen molar-refractivity contribution in [1.29, 1.82) is 0 Å². The number of anilines is 2. The van der Waals surface area contributed by atoms with Gasteiger partial charge in [-0.2, -0.15) is 0 Å². The Morgan fingerprint density at radius 2 is 1.88 bits per heavy atom. The number of carbonyl (C=O) groups excluding carboxylic acids is 1. The Hall–Kier alpha value is -2.31. The van der Waals surface area contributed by atoms with E-state index < -0.39 is 0 Å². The molecule has 0 unspecified atom stereocenters. The molecule has 0 saturated carbocycles. The van der Waals surface area contributed by atoms with E-state index in [2.05, 4.69) is 16.2 Å². The predicted molar refractivity (Wildman–Crippen MR) is 104 cm³/mol. The molecule has 0 aliphatic carbocycles. The van der Waals surface area contributed by atoms with Crippen molar-refractivity contribution in [3.8, 4) is 0 Å². The lowest BCUT2D eigenvalue weighted by Crippen LogP contribution is -2.43. The van der Waals surface area contributed by atoms with Gasteiger partial charge in [-0.1, -0.05) is 23.7 Å². The number of nitrogens with one attached hydrogen (secondary N) is 3. The summed E-state index contributed by atoms with van der Waals surface area (Å²) in [5.41, 5.74) is 8.45. The summed E-state index contributed by atoms with van der Waals surface area (Å²) in [4.78, 5) is 14.1. The molecule has 0 aliphatic heterocycles. The molecular formula is C17H19ClN4OS. The largest absolute Gasteiger partial charge is 0.378 e. The number of hydrogen-bond donors (Lipinski definition) is 3. The first kappa shape index (κ1) is 18.0. The fourth-order valence-corrected chi connectivity index (χ4v) is 2.29. The van der Waals surface area contributed by atoms with Gasteiger partial charge in [0.15, 0.2) is 5.11 Å². The van der Waals surface area contributed by atoms with Crippen molar-refractivity contribution in [1.82, 2.24) is 10.9 Å². The first-order valence-corrected chi connectivity index (χ1v) is 8.06. The summed E-state index contributed by atoms with van der Waals surface area (Å²) in [7, 11) is 3.84. The van der Waals surface area contributed by atoms with Crippen LogP contribution in [-0.2, 0) is 0 Å². The molecule has 7 heteroatoms. The van der Waals surface area contributed by atoms with E-state index in [0.717, 1.165) is 16.9 Å². The lowest BCUT2D eigenvalue weighted by Gasteiger charge is -2.15. The van der Waals surface area contributed by atoms with Crippen LogP contribution in [0.1, 0.15) is 15.9 Å². The van der Waals surface area contributed by atoms with Crippen LogP contribution < -0.4 is 21.1 Å². The van der Waals surface area contributed by atoms with Gasteiger partial charge in [-0.3, -0.25) is 15.6 Å². The molecule has 0 aliphatic rings. The molecule has 0 radical (unpaired) electrons. The molecule has 3 N–H and O–H groups in total. The second-order valence-corrected chi connectivity index (χ2v) is 6.26. The molecule has 0 aromatic heterocycles. The van der Waals surface area contributed by atoms with Crippen LogP contribution in [0.25, 0.3) is 0 Å². The predicted octanol–water partition coefficient (Wildman–Crippen LogP) is 3.35. The van der Waals surface area contributed by atoms with Crippen molar-refractivity contribution < 1.29 is 4.79 Å². The minimum Gasteiger partial charge on any atom is -0.378 e. The SMILES string of the molecule is Cc1ccc(NC(=S)NNC(=O)c2cccc(N(C)C)c2)cc1Cl. The van der Waals surface area contributed by atoms with Gasteiger partial charge in [-0.15, -0.1) is 0 Å². The number of carbonyl (C=O) groups is 1. The number of hydrogen-bond acceptors (Lipinski definition) is 3. The molecule has 1 amide bonds. The highest BCUT2D eigenvalue weighted by atomic mass is 35.5. The summed E-state index contributed by atoms with van der Waals surface area (Å²) in [6.07, 6.45) is 0. The normalized spacial score (nSPS) is 10.0. The Morgan fingerprint density at radius 3 is 2.54 bits per heavy atom. The average molecular weight is 363 g/mol. The van der Waals surface area contributed by atoms with Gasteiger partial charge in [0.05, 0.1) is 0 Å². The van der Waals surface area contributed by atoms with Crippen LogP contribution in [0, 0.1) is 6.92 Å². The molecule has 0 bridgehead atoms. The maximum Gasteiger partial charge on any atom is 0.269 e. The molecule has 0 saturated heterocycles. The minimum absolute atomic E-state index is 0.270. The fraction of sp³-hybridized carbons (Fsp3) is 0.176. The number of rotatable bonds is 3. The van der Waals surface area contributed by atoms with E-state index in [9.17, 15) is 4.79 Å². The monoisotopic (exact) mass is 362 g/mol. The molecule has 126 valence electrons. The zero-order chi connectivity index (χ0) is 17.7. The second-order valence-electron chi connectivity index (χ2n) is 5.44. The van der Waals surface area contributed by atoms with Crippen LogP contribution >= 0.6 is 23.8 Å². The lowest BCUT2D eigenvalue weighted by molar-refractivity contribution is 0.0944. The second kappa shape index (κ2) is 7.99. The third-order valence-electron chi connectivity index (χ3n) is 3.34. The van der Waals surface area contributed by atoms with Gasteiger partial charge in [0.2, 0.25) is 0 Å². The summed E-state index contributed by atoms with van der Waals surface area (Å²) in [6, 6.07) is 12.8. The van der Waals surface area contributed by atoms with E-state index in [1.165, 1.54) is 0 Å². The highest BCUT2D eigenvalue weighted by Gasteiger charge is 2.07. The Bertz CT molecular complexity index is 764. The van der Waals surface area contributed by atoms with Gasteiger partial charge in [0.1, 0.15) is 0 Å². The Morgan fingerprint density at radius 1 is 1.12 bits per heavy atom. The third kappa shape index (κ3) is 4.84. The number of nitrogens with zero attached hydrogens (tertiary/aromatic N) is 1. The molecule has 0 heterocycles. The van der Waals surface area contributed by atoms with Gasteiger partial charge in [-0.05, 0) is 55.0 Å². The van der Waals surface area contributed by atoms with Crippen LogP contribution in [0.2, 0.25) is 5.02 Å². The number of aryl methyl sites for hydroxylation is 1. The van der Waals surface area contributed by atoms with Crippen molar-refractivity contribution in [2.24, 2.45) is 0 Å². The third-order valence-corrected chi connectivity index (χ3v) is 3.96. The molecular weight excluding hydrogens is 344 g/mol. The maximum absolute atomic E-state index is 12.2. The van der Waals surface area contributed by atoms with Crippen LogP contribution in [0.15, 0.2) is 42.5 Å². The summed E-state index contributed by atoms with van der Waals surface area (Å²) in [5.74, 6) is -0.273. The van der Waals surface area contributed by atoms with Gasteiger partial charge in [0.25, 0.3) is 5.91 Å². The standard InChI is InChI=1S/C17H19ClN4OS/c1-11-7-8-13(10-15(11)18)19-17(24)21-20-16(23)12-5-4-6-14(9-12)22(2)3/h4-10H,1-3H3,(H,20,23)(H2,19,21,24). The van der Waals surface area contributed by atoms with Crippen LogP contribution in [0.4, 0.5) is 11.4 Å². The average Bonchev–Trinajstić information content (AvgIpc) is 2.56. The highest BCUT2D eigenvalue weighted by molar-refractivity contribution is 7.80. The van der Waals surface area contributed by atoms with E-state index in [-0.39, 0.29) is 11.0 Å². The molecule has 0 spiro atoms. The number of halogens is 1. The van der Waals surface area contributed by atoms with E-state index in [1.54, 1.807) is 18.2 Å². The summed E-state index contributed by atoms with van der Waals surface area (Å²) < 4.78 is 0. The molecule has 0 fully saturated rings. The first-order chi connectivity index (χ1) is 11.4. The van der Waals surface area contributed by atoms with Crippen molar-refractivity contribution >= 4 is 46.2 Å². The number of benzene rings is 2. The quantitative estimate of drug-likeness (QED) is 0.577. The van der Waals surface area contributed by atoms with Crippen molar-refractivity contribution in [3.63, 3.8) is 0 Å². The van der Waals surface area contributed by atoms with Crippen molar-refractivity contribution in [2.45, 2.75) is 6.92 Å². The Kier molecular flexibility index (Phi) is 6.00. The highest BCUT2D eigenvalue weighted by Crippen LogP contribution is 2.19. The van der Waals surface area contributed by atoms with E-state index in [0.29, 0.717) is 10.6 Å². The van der Waals surface area contributed by atoms with Gasteiger partial charge in [-0.25, -0.2) is 0 Å². The number of thiocarbonyl (C=S) groups is 1. The van der Waals surface area contributed by atoms with Crippen LogP contribution in [-0.4, -0.2) is 25.1 Å². The zero-order valence-electron chi connectivity index (χ0n) is 13.7. The first-order valence-electron chi connectivity index (χ1n) is 7.27. The van der Waals surface area contributed by atoms with Crippen molar-refractivity contribution in [2.75, 3.05) is 24.3 Å². The molecule has 0 atom stereocenters. The van der Waals surface area contributed by atoms with Gasteiger partial charge < -0.3 is 10.2 Å². The lowest BCUT2D eigenvalue weighted by atomic mass is 10.2. The summed E-state index contributed by atoms with van der Waals surface area (Å²) in [6.45, 7) is 1.92.